The van der Waals surface area contributed by atoms with Crippen molar-refractivity contribution in [1.29, 1.82) is 0 Å². The summed E-state index contributed by atoms with van der Waals surface area (Å²) in [5, 5.41) is 8.88. The molecule has 0 amide bonds. The molecule has 1 saturated carbocycles. The SMILES string of the molecule is C[C@H](C(=O)O)N1C[C@@H]2CCCC(F)(F)[C@@H]2C1. The molecule has 0 aromatic rings. The van der Waals surface area contributed by atoms with Gasteiger partial charge in [0.15, 0.2) is 0 Å². The van der Waals surface area contributed by atoms with Gasteiger partial charge >= 0.3 is 5.97 Å². The number of nitrogens with zero attached hydrogens (tertiary/aromatic N) is 1. The topological polar surface area (TPSA) is 40.5 Å². The number of carboxylic acids is 1. The van der Waals surface area contributed by atoms with Gasteiger partial charge < -0.3 is 5.11 Å². The molecule has 2 fully saturated rings. The van der Waals surface area contributed by atoms with Gasteiger partial charge in [0, 0.05) is 25.4 Å². The van der Waals surface area contributed by atoms with Gasteiger partial charge in [-0.25, -0.2) is 8.78 Å². The molecule has 2 rings (SSSR count). The standard InChI is InChI=1S/C11H17F2NO2/c1-7(10(15)16)14-5-8-3-2-4-11(12,13)9(8)6-14/h7-9H,2-6H2,1H3,(H,15,16)/t7-,8+,9-/m1/s1. The summed E-state index contributed by atoms with van der Waals surface area (Å²) in [4.78, 5) is 12.5. The summed E-state index contributed by atoms with van der Waals surface area (Å²) in [5.41, 5.74) is 0. The normalized spacial score (nSPS) is 35.7. The predicted molar refractivity (Wildman–Crippen MR) is 54.4 cm³/mol. The lowest BCUT2D eigenvalue weighted by Gasteiger charge is -2.32. The average Bonchev–Trinajstić information content (AvgIpc) is 2.61. The Bertz CT molecular complexity index is 296. The van der Waals surface area contributed by atoms with Crippen LogP contribution >= 0.6 is 0 Å². The van der Waals surface area contributed by atoms with E-state index in [0.717, 1.165) is 6.42 Å². The zero-order valence-corrected chi connectivity index (χ0v) is 9.33. The minimum atomic E-state index is -2.60. The quantitative estimate of drug-likeness (QED) is 0.791. The van der Waals surface area contributed by atoms with Crippen LogP contribution in [0.15, 0.2) is 0 Å². The maximum absolute atomic E-state index is 13.6. The first-order valence-electron chi connectivity index (χ1n) is 5.76. The monoisotopic (exact) mass is 233 g/mol. The third-order valence-corrected chi connectivity index (χ3v) is 4.00. The molecule has 5 heteroatoms. The van der Waals surface area contributed by atoms with Crippen LogP contribution in [-0.2, 0) is 4.79 Å². The van der Waals surface area contributed by atoms with Crippen LogP contribution in [0.4, 0.5) is 8.78 Å². The van der Waals surface area contributed by atoms with Gasteiger partial charge in [0.2, 0.25) is 0 Å². The first kappa shape index (κ1) is 11.8. The number of hydrogen-bond donors (Lipinski definition) is 1. The van der Waals surface area contributed by atoms with E-state index in [1.807, 2.05) is 0 Å². The molecule has 0 bridgehead atoms. The highest BCUT2D eigenvalue weighted by Crippen LogP contribution is 2.46. The first-order chi connectivity index (χ1) is 7.42. The third-order valence-electron chi connectivity index (χ3n) is 4.00. The molecule has 92 valence electrons. The zero-order valence-electron chi connectivity index (χ0n) is 9.33. The Morgan fingerprint density at radius 1 is 1.50 bits per heavy atom. The highest BCUT2D eigenvalue weighted by atomic mass is 19.3. The average molecular weight is 233 g/mol. The second-order valence-electron chi connectivity index (χ2n) is 4.99. The van der Waals surface area contributed by atoms with Crippen LogP contribution in [0, 0.1) is 11.8 Å². The van der Waals surface area contributed by atoms with Crippen LogP contribution in [-0.4, -0.2) is 41.0 Å². The summed E-state index contributed by atoms with van der Waals surface area (Å²) in [6, 6.07) is -0.651. The van der Waals surface area contributed by atoms with Gasteiger partial charge in [-0.15, -0.1) is 0 Å². The number of carbonyl (C=O) groups is 1. The fourth-order valence-electron chi connectivity index (χ4n) is 2.93. The number of hydrogen-bond acceptors (Lipinski definition) is 2. The maximum Gasteiger partial charge on any atom is 0.320 e. The van der Waals surface area contributed by atoms with Gasteiger partial charge in [-0.3, -0.25) is 9.69 Å². The molecule has 1 N–H and O–H groups in total. The molecule has 0 unspecified atom stereocenters. The lowest BCUT2D eigenvalue weighted by molar-refractivity contribution is -0.142. The Balaban J connectivity index is 2.08. The summed E-state index contributed by atoms with van der Waals surface area (Å²) < 4.78 is 27.2. The number of alkyl halides is 2. The summed E-state index contributed by atoms with van der Waals surface area (Å²) >= 11 is 0. The molecule has 0 radical (unpaired) electrons. The van der Waals surface area contributed by atoms with E-state index in [2.05, 4.69) is 0 Å². The van der Waals surface area contributed by atoms with Gasteiger partial charge in [0.05, 0.1) is 0 Å². The first-order valence-corrected chi connectivity index (χ1v) is 5.76. The molecule has 3 nitrogen and oxygen atoms in total. The minimum absolute atomic E-state index is 0.0226. The molecule has 0 aromatic carbocycles. The maximum atomic E-state index is 13.6. The van der Waals surface area contributed by atoms with Crippen LogP contribution < -0.4 is 0 Å². The lowest BCUT2D eigenvalue weighted by atomic mass is 9.79. The van der Waals surface area contributed by atoms with Crippen molar-refractivity contribution in [2.45, 2.75) is 38.2 Å². The summed E-state index contributed by atoms with van der Waals surface area (Å²) in [7, 11) is 0. The number of likely N-dealkylation sites (tertiary alicyclic amines) is 1. The number of fused-ring (bicyclic) bond motifs is 1. The molecule has 0 spiro atoms. The lowest BCUT2D eigenvalue weighted by Crippen LogP contribution is -2.39. The van der Waals surface area contributed by atoms with Gasteiger partial charge in [-0.1, -0.05) is 0 Å². The molecule has 1 saturated heterocycles. The second kappa shape index (κ2) is 3.95. The smallest absolute Gasteiger partial charge is 0.320 e. The minimum Gasteiger partial charge on any atom is -0.480 e. The van der Waals surface area contributed by atoms with E-state index < -0.39 is 23.9 Å². The van der Waals surface area contributed by atoms with E-state index >= 15 is 0 Å². The van der Waals surface area contributed by atoms with Crippen LogP contribution in [0.25, 0.3) is 0 Å². The van der Waals surface area contributed by atoms with Crippen molar-refractivity contribution in [3.63, 3.8) is 0 Å². The molecule has 16 heavy (non-hydrogen) atoms. The fraction of sp³-hybridized carbons (Fsp3) is 0.909. The van der Waals surface area contributed by atoms with Crippen LogP contribution in [0.1, 0.15) is 26.2 Å². The van der Waals surface area contributed by atoms with Gasteiger partial charge in [0.25, 0.3) is 5.92 Å². The van der Waals surface area contributed by atoms with E-state index in [4.69, 9.17) is 5.11 Å². The third kappa shape index (κ3) is 1.93. The number of rotatable bonds is 2. The molecular weight excluding hydrogens is 216 g/mol. The zero-order chi connectivity index (χ0) is 11.9. The Labute approximate surface area is 93.4 Å². The Kier molecular flexibility index (Phi) is 2.90. The van der Waals surface area contributed by atoms with Crippen molar-refractivity contribution < 1.29 is 18.7 Å². The Morgan fingerprint density at radius 2 is 2.19 bits per heavy atom. The van der Waals surface area contributed by atoms with Gasteiger partial charge in [-0.2, -0.15) is 0 Å². The highest BCUT2D eigenvalue weighted by molar-refractivity contribution is 5.72. The van der Waals surface area contributed by atoms with E-state index in [0.29, 0.717) is 13.0 Å². The largest absolute Gasteiger partial charge is 0.480 e. The van der Waals surface area contributed by atoms with E-state index in [1.54, 1.807) is 11.8 Å². The summed E-state index contributed by atoms with van der Waals surface area (Å²) in [6.45, 7) is 2.30. The summed E-state index contributed by atoms with van der Waals surface area (Å²) in [5.74, 6) is -4.19. The van der Waals surface area contributed by atoms with E-state index in [9.17, 15) is 13.6 Å². The van der Waals surface area contributed by atoms with Crippen LogP contribution in [0.2, 0.25) is 0 Å². The molecule has 1 heterocycles. The fourth-order valence-corrected chi connectivity index (χ4v) is 2.93. The second-order valence-corrected chi connectivity index (χ2v) is 4.99. The number of aliphatic carboxylic acids is 1. The van der Waals surface area contributed by atoms with Crippen molar-refractivity contribution >= 4 is 5.97 Å². The van der Waals surface area contributed by atoms with Crippen molar-refractivity contribution in [2.75, 3.05) is 13.1 Å². The molecule has 3 atom stereocenters. The van der Waals surface area contributed by atoms with Crippen LogP contribution in [0.3, 0.4) is 0 Å². The highest BCUT2D eigenvalue weighted by Gasteiger charge is 2.52. The van der Waals surface area contributed by atoms with Crippen molar-refractivity contribution in [2.24, 2.45) is 11.8 Å². The van der Waals surface area contributed by atoms with Crippen LogP contribution in [0.5, 0.6) is 0 Å². The van der Waals surface area contributed by atoms with Gasteiger partial charge in [0.1, 0.15) is 6.04 Å². The van der Waals surface area contributed by atoms with Crippen molar-refractivity contribution in [3.8, 4) is 0 Å². The Morgan fingerprint density at radius 3 is 2.75 bits per heavy atom. The van der Waals surface area contributed by atoms with Crippen molar-refractivity contribution in [3.05, 3.63) is 0 Å². The number of carboxylic acid groups (broad SMARTS) is 1. The van der Waals surface area contributed by atoms with E-state index in [1.165, 1.54) is 0 Å². The summed E-state index contributed by atoms with van der Waals surface area (Å²) in [6.07, 6.45) is 1.33. The molecule has 1 aliphatic carbocycles. The molecular formula is C11H17F2NO2. The number of halogens is 2. The molecule has 0 aromatic heterocycles. The van der Waals surface area contributed by atoms with Gasteiger partial charge in [-0.05, 0) is 25.7 Å². The Hall–Kier alpha value is -0.710. The predicted octanol–water partition coefficient (Wildman–Crippen LogP) is 1.83. The molecule has 2 aliphatic rings. The van der Waals surface area contributed by atoms with Crippen molar-refractivity contribution in [1.82, 2.24) is 4.90 Å². The van der Waals surface area contributed by atoms with E-state index in [-0.39, 0.29) is 18.9 Å². The molecule has 1 aliphatic heterocycles.